The van der Waals surface area contributed by atoms with Crippen molar-refractivity contribution in [2.45, 2.75) is 19.9 Å². The van der Waals surface area contributed by atoms with Crippen molar-refractivity contribution in [2.75, 3.05) is 31.0 Å². The van der Waals surface area contributed by atoms with E-state index in [1.165, 1.54) is 0 Å². The highest BCUT2D eigenvalue weighted by molar-refractivity contribution is 5.61. The van der Waals surface area contributed by atoms with Crippen molar-refractivity contribution in [3.05, 3.63) is 36.7 Å². The van der Waals surface area contributed by atoms with Gasteiger partial charge in [0.05, 0.1) is 36.9 Å². The molecule has 0 saturated heterocycles. The first-order valence-electron chi connectivity index (χ1n) is 8.60. The predicted molar refractivity (Wildman–Crippen MR) is 101 cm³/mol. The topological polar surface area (TPSA) is 90.2 Å². The largest absolute Gasteiger partial charge is 0.493 e. The van der Waals surface area contributed by atoms with E-state index in [2.05, 4.69) is 37.1 Å². The van der Waals surface area contributed by atoms with E-state index in [4.69, 9.17) is 9.47 Å². The van der Waals surface area contributed by atoms with Gasteiger partial charge in [0.2, 0.25) is 5.95 Å². The third-order valence-electron chi connectivity index (χ3n) is 4.48. The molecule has 9 nitrogen and oxygen atoms in total. The first-order valence-corrected chi connectivity index (χ1v) is 8.60. The molecule has 0 spiro atoms. The number of nitrogens with one attached hydrogen (secondary N) is 1. The lowest BCUT2D eigenvalue weighted by Gasteiger charge is -2.32. The maximum atomic E-state index is 5.68. The van der Waals surface area contributed by atoms with Crippen LogP contribution in [0.25, 0.3) is 5.82 Å². The zero-order valence-electron chi connectivity index (χ0n) is 15.7. The van der Waals surface area contributed by atoms with Gasteiger partial charge in [-0.05, 0) is 13.8 Å². The molecule has 4 rings (SSSR count). The summed E-state index contributed by atoms with van der Waals surface area (Å²) in [5, 5.41) is 3.18. The number of ether oxygens (including phenoxy) is 2. The van der Waals surface area contributed by atoms with E-state index in [1.54, 1.807) is 25.8 Å². The maximum absolute atomic E-state index is 5.68. The van der Waals surface area contributed by atoms with Crippen LogP contribution in [0.3, 0.4) is 0 Å². The average molecular weight is 367 g/mol. The number of nitrogens with zero attached hydrogens (tertiary/aromatic N) is 6. The molecule has 0 fully saturated rings. The standard InChI is InChI=1S/C18H21N7O2/c1-11-8-25(10-21-11)16-14(26-4)5-13(6-19-16)22-18-20-7-15-17(23-18)24(3)12(2)9-27-15/h5-8,10,12H,9H2,1-4H3,(H,20,22,23)/t12-/m0/s1. The van der Waals surface area contributed by atoms with Gasteiger partial charge in [0, 0.05) is 19.3 Å². The van der Waals surface area contributed by atoms with Gasteiger partial charge in [0.15, 0.2) is 23.1 Å². The smallest absolute Gasteiger partial charge is 0.229 e. The van der Waals surface area contributed by atoms with Crippen LogP contribution in [0.4, 0.5) is 17.5 Å². The number of likely N-dealkylation sites (N-methyl/N-ethyl adjacent to an activating group) is 1. The fourth-order valence-electron chi connectivity index (χ4n) is 2.82. The molecule has 3 aromatic heterocycles. The zero-order valence-corrected chi connectivity index (χ0v) is 15.7. The molecule has 3 aromatic rings. The number of imidazole rings is 1. The molecule has 0 saturated carbocycles. The Bertz CT molecular complexity index is 972. The van der Waals surface area contributed by atoms with E-state index < -0.39 is 0 Å². The highest BCUT2D eigenvalue weighted by Crippen LogP contribution is 2.32. The van der Waals surface area contributed by atoms with Crippen LogP contribution in [0.2, 0.25) is 0 Å². The van der Waals surface area contributed by atoms with Crippen LogP contribution in [0.15, 0.2) is 31.0 Å². The number of fused-ring (bicyclic) bond motifs is 1. The molecule has 9 heteroatoms. The Balaban J connectivity index is 1.62. The number of aromatic nitrogens is 5. The van der Waals surface area contributed by atoms with Crippen LogP contribution in [0.1, 0.15) is 12.6 Å². The van der Waals surface area contributed by atoms with Crippen molar-refractivity contribution in [3.63, 3.8) is 0 Å². The molecular formula is C18H21N7O2. The first kappa shape index (κ1) is 17.1. The van der Waals surface area contributed by atoms with Gasteiger partial charge < -0.3 is 19.7 Å². The summed E-state index contributed by atoms with van der Waals surface area (Å²) in [6, 6.07) is 2.10. The van der Waals surface area contributed by atoms with E-state index in [1.807, 2.05) is 30.8 Å². The average Bonchev–Trinajstić information content (AvgIpc) is 3.11. The third kappa shape index (κ3) is 3.23. The Morgan fingerprint density at radius 1 is 1.22 bits per heavy atom. The summed E-state index contributed by atoms with van der Waals surface area (Å²) in [5.41, 5.74) is 1.63. The molecular weight excluding hydrogens is 346 g/mol. The van der Waals surface area contributed by atoms with Gasteiger partial charge in [-0.2, -0.15) is 4.98 Å². The molecule has 140 valence electrons. The van der Waals surface area contributed by atoms with Gasteiger partial charge >= 0.3 is 0 Å². The summed E-state index contributed by atoms with van der Waals surface area (Å²) in [6.45, 7) is 4.63. The van der Waals surface area contributed by atoms with Gasteiger partial charge in [-0.1, -0.05) is 0 Å². The van der Waals surface area contributed by atoms with Crippen LogP contribution in [-0.2, 0) is 0 Å². The highest BCUT2D eigenvalue weighted by atomic mass is 16.5. The second kappa shape index (κ2) is 6.75. The molecule has 1 N–H and O–H groups in total. The number of hydrogen-bond donors (Lipinski definition) is 1. The molecule has 0 bridgehead atoms. The molecule has 0 amide bonds. The number of aryl methyl sites for hydroxylation is 1. The van der Waals surface area contributed by atoms with E-state index in [0.717, 1.165) is 17.2 Å². The molecule has 1 atom stereocenters. The van der Waals surface area contributed by atoms with Gasteiger partial charge in [-0.3, -0.25) is 4.57 Å². The SMILES string of the molecule is COc1cc(Nc2ncc3c(n2)N(C)[C@@H](C)CO3)cnc1-n1cnc(C)c1. The molecule has 0 radical (unpaired) electrons. The normalized spacial score (nSPS) is 15.9. The van der Waals surface area contributed by atoms with E-state index in [-0.39, 0.29) is 6.04 Å². The molecule has 0 aromatic carbocycles. The van der Waals surface area contributed by atoms with Gasteiger partial charge in [0.1, 0.15) is 12.9 Å². The Morgan fingerprint density at radius 2 is 2.07 bits per heavy atom. The lowest BCUT2D eigenvalue weighted by molar-refractivity contribution is 0.271. The Morgan fingerprint density at radius 3 is 2.81 bits per heavy atom. The number of anilines is 3. The van der Waals surface area contributed by atoms with Crippen LogP contribution in [0, 0.1) is 6.92 Å². The van der Waals surface area contributed by atoms with Crippen LogP contribution in [0.5, 0.6) is 11.5 Å². The first-order chi connectivity index (χ1) is 13.0. The second-order valence-corrected chi connectivity index (χ2v) is 6.45. The summed E-state index contributed by atoms with van der Waals surface area (Å²) in [6.07, 6.45) is 6.98. The van der Waals surface area contributed by atoms with Crippen molar-refractivity contribution in [1.29, 1.82) is 0 Å². The van der Waals surface area contributed by atoms with E-state index in [0.29, 0.717) is 29.9 Å². The van der Waals surface area contributed by atoms with Gasteiger partial charge in [-0.15, -0.1) is 0 Å². The van der Waals surface area contributed by atoms with Crippen molar-refractivity contribution >= 4 is 17.5 Å². The van der Waals surface area contributed by atoms with Gasteiger partial charge in [0.25, 0.3) is 0 Å². The van der Waals surface area contributed by atoms with Crippen molar-refractivity contribution < 1.29 is 9.47 Å². The molecule has 4 heterocycles. The number of methoxy groups -OCH3 is 1. The molecule has 0 unspecified atom stereocenters. The predicted octanol–water partition coefficient (Wildman–Crippen LogP) is 2.34. The maximum Gasteiger partial charge on any atom is 0.229 e. The zero-order chi connectivity index (χ0) is 19.0. The Kier molecular flexibility index (Phi) is 4.27. The molecule has 1 aliphatic rings. The monoisotopic (exact) mass is 367 g/mol. The fourth-order valence-corrected chi connectivity index (χ4v) is 2.82. The summed E-state index contributed by atoms with van der Waals surface area (Å²) in [5.74, 6) is 3.19. The van der Waals surface area contributed by atoms with Crippen LogP contribution < -0.4 is 19.7 Å². The summed E-state index contributed by atoms with van der Waals surface area (Å²) >= 11 is 0. The van der Waals surface area contributed by atoms with Crippen LogP contribution in [-0.4, -0.2) is 51.3 Å². The third-order valence-corrected chi connectivity index (χ3v) is 4.48. The number of rotatable bonds is 4. The second-order valence-electron chi connectivity index (χ2n) is 6.45. The minimum absolute atomic E-state index is 0.250. The lowest BCUT2D eigenvalue weighted by Crippen LogP contribution is -2.38. The number of hydrogen-bond acceptors (Lipinski definition) is 8. The lowest BCUT2D eigenvalue weighted by atomic mass is 10.2. The highest BCUT2D eigenvalue weighted by Gasteiger charge is 2.23. The van der Waals surface area contributed by atoms with Crippen molar-refractivity contribution in [2.24, 2.45) is 0 Å². The van der Waals surface area contributed by atoms with E-state index >= 15 is 0 Å². The number of pyridine rings is 1. The summed E-state index contributed by atoms with van der Waals surface area (Å²) in [4.78, 5) is 19.7. The minimum atomic E-state index is 0.250. The fraction of sp³-hybridized carbons (Fsp3) is 0.333. The summed E-state index contributed by atoms with van der Waals surface area (Å²) in [7, 11) is 3.60. The van der Waals surface area contributed by atoms with Gasteiger partial charge in [-0.25, -0.2) is 15.0 Å². The Labute approximate surface area is 157 Å². The molecule has 27 heavy (non-hydrogen) atoms. The van der Waals surface area contributed by atoms with Crippen molar-refractivity contribution in [1.82, 2.24) is 24.5 Å². The Hall–Kier alpha value is -3.36. The quantitative estimate of drug-likeness (QED) is 0.751. The molecule has 1 aliphatic heterocycles. The molecule has 0 aliphatic carbocycles. The van der Waals surface area contributed by atoms with Crippen molar-refractivity contribution in [3.8, 4) is 17.3 Å². The summed E-state index contributed by atoms with van der Waals surface area (Å²) < 4.78 is 13.0. The van der Waals surface area contributed by atoms with Crippen LogP contribution >= 0.6 is 0 Å². The van der Waals surface area contributed by atoms with E-state index in [9.17, 15) is 0 Å². The minimum Gasteiger partial charge on any atom is -0.493 e.